The van der Waals surface area contributed by atoms with Gasteiger partial charge < -0.3 is 9.64 Å². The van der Waals surface area contributed by atoms with Gasteiger partial charge in [0.2, 0.25) is 5.91 Å². The van der Waals surface area contributed by atoms with Crippen LogP contribution in [-0.4, -0.2) is 30.6 Å². The van der Waals surface area contributed by atoms with Crippen molar-refractivity contribution >= 4 is 5.91 Å². The fraction of sp³-hybridized carbons (Fsp3) is 0.278. The predicted octanol–water partition coefficient (Wildman–Crippen LogP) is 2.97. The summed E-state index contributed by atoms with van der Waals surface area (Å²) < 4.78 is 18.6. The first-order valence-corrected chi connectivity index (χ1v) is 7.40. The predicted molar refractivity (Wildman–Crippen MR) is 81.8 cm³/mol. The van der Waals surface area contributed by atoms with E-state index in [1.54, 1.807) is 12.1 Å². The second-order valence-corrected chi connectivity index (χ2v) is 5.39. The van der Waals surface area contributed by atoms with E-state index in [9.17, 15) is 9.18 Å². The van der Waals surface area contributed by atoms with Gasteiger partial charge >= 0.3 is 0 Å². The molecule has 22 heavy (non-hydrogen) atoms. The second kappa shape index (κ2) is 6.71. The van der Waals surface area contributed by atoms with Gasteiger partial charge in [0.15, 0.2) is 0 Å². The summed E-state index contributed by atoms with van der Waals surface area (Å²) in [6.45, 7) is 1.55. The molecule has 0 spiro atoms. The van der Waals surface area contributed by atoms with Crippen LogP contribution in [0, 0.1) is 5.82 Å². The van der Waals surface area contributed by atoms with Gasteiger partial charge in [0.05, 0.1) is 25.7 Å². The number of hydrogen-bond acceptors (Lipinski definition) is 2. The van der Waals surface area contributed by atoms with Crippen LogP contribution in [0.25, 0.3) is 0 Å². The van der Waals surface area contributed by atoms with Crippen molar-refractivity contribution < 1.29 is 13.9 Å². The molecule has 114 valence electrons. The Bertz CT molecular complexity index is 627. The Labute approximate surface area is 129 Å². The highest BCUT2D eigenvalue weighted by atomic mass is 19.1. The van der Waals surface area contributed by atoms with E-state index >= 15 is 0 Å². The molecule has 4 heteroatoms. The molecule has 2 aromatic rings. The van der Waals surface area contributed by atoms with Gasteiger partial charge in [-0.1, -0.05) is 42.5 Å². The van der Waals surface area contributed by atoms with Crippen LogP contribution in [0.3, 0.4) is 0 Å². The fourth-order valence-electron chi connectivity index (χ4n) is 2.74. The number of nitrogens with zero attached hydrogens (tertiary/aromatic N) is 1. The Balaban J connectivity index is 1.77. The number of halogens is 1. The van der Waals surface area contributed by atoms with Crippen LogP contribution < -0.4 is 0 Å². The van der Waals surface area contributed by atoms with E-state index in [0.29, 0.717) is 26.2 Å². The molecule has 1 aliphatic heterocycles. The van der Waals surface area contributed by atoms with Crippen LogP contribution in [0.15, 0.2) is 54.6 Å². The zero-order chi connectivity index (χ0) is 15.4. The quantitative estimate of drug-likeness (QED) is 0.872. The van der Waals surface area contributed by atoms with E-state index < -0.39 is 0 Å². The number of amides is 1. The molecule has 1 saturated heterocycles. The van der Waals surface area contributed by atoms with E-state index in [1.165, 1.54) is 12.1 Å². The number of carbonyl (C=O) groups is 1. The molecular weight excluding hydrogens is 281 g/mol. The van der Waals surface area contributed by atoms with Gasteiger partial charge in [-0.2, -0.15) is 0 Å². The summed E-state index contributed by atoms with van der Waals surface area (Å²) in [5, 5.41) is 0. The summed E-state index contributed by atoms with van der Waals surface area (Å²) >= 11 is 0. The van der Waals surface area contributed by atoms with Crippen LogP contribution in [0.1, 0.15) is 17.2 Å². The van der Waals surface area contributed by atoms with Gasteiger partial charge in [-0.15, -0.1) is 0 Å². The zero-order valence-electron chi connectivity index (χ0n) is 12.2. The third-order valence-corrected chi connectivity index (χ3v) is 3.90. The Morgan fingerprint density at radius 2 is 1.86 bits per heavy atom. The second-order valence-electron chi connectivity index (χ2n) is 5.39. The lowest BCUT2D eigenvalue weighted by Gasteiger charge is -2.36. The number of morpholine rings is 1. The van der Waals surface area contributed by atoms with Crippen LogP contribution in [0.5, 0.6) is 0 Å². The topological polar surface area (TPSA) is 29.5 Å². The number of ether oxygens (including phenoxy) is 1. The summed E-state index contributed by atoms with van der Waals surface area (Å²) in [7, 11) is 0. The van der Waals surface area contributed by atoms with Gasteiger partial charge in [0, 0.05) is 6.54 Å². The Morgan fingerprint density at radius 1 is 1.14 bits per heavy atom. The van der Waals surface area contributed by atoms with Crippen molar-refractivity contribution in [3.63, 3.8) is 0 Å². The molecule has 0 N–H and O–H groups in total. The average Bonchev–Trinajstić information content (AvgIpc) is 2.56. The lowest BCUT2D eigenvalue weighted by atomic mass is 10.0. The van der Waals surface area contributed by atoms with Crippen molar-refractivity contribution in [2.45, 2.75) is 12.5 Å². The molecule has 1 aliphatic rings. The number of rotatable bonds is 3. The first-order valence-electron chi connectivity index (χ1n) is 7.40. The maximum Gasteiger partial charge on any atom is 0.227 e. The van der Waals surface area contributed by atoms with E-state index in [4.69, 9.17) is 4.74 Å². The zero-order valence-corrected chi connectivity index (χ0v) is 12.2. The van der Waals surface area contributed by atoms with Gasteiger partial charge in [0.1, 0.15) is 5.82 Å². The van der Waals surface area contributed by atoms with Gasteiger partial charge in [-0.3, -0.25) is 4.79 Å². The summed E-state index contributed by atoms with van der Waals surface area (Å²) in [6.07, 6.45) is 0.374. The Kier molecular flexibility index (Phi) is 4.49. The maximum absolute atomic E-state index is 13.1. The normalized spacial score (nSPS) is 18.2. The fourth-order valence-corrected chi connectivity index (χ4v) is 2.74. The largest absolute Gasteiger partial charge is 0.377 e. The molecular formula is C18H18FNO2. The molecule has 0 radical (unpaired) electrons. The molecule has 1 heterocycles. The van der Waals surface area contributed by atoms with Crippen molar-refractivity contribution in [2.24, 2.45) is 0 Å². The van der Waals surface area contributed by atoms with E-state index in [1.807, 2.05) is 35.2 Å². The number of carbonyl (C=O) groups excluding carboxylic acids is 1. The highest BCUT2D eigenvalue weighted by Gasteiger charge is 2.28. The first kappa shape index (κ1) is 14.7. The molecule has 0 saturated carbocycles. The summed E-state index contributed by atoms with van der Waals surface area (Å²) in [5.74, 6) is -0.202. The SMILES string of the molecule is O=C(Cc1ccccc1)N1CCOCC1c1ccc(F)cc1. The molecule has 3 nitrogen and oxygen atoms in total. The van der Waals surface area contributed by atoms with Gasteiger partial charge in [-0.05, 0) is 23.3 Å². The summed E-state index contributed by atoms with van der Waals surface area (Å²) in [5.41, 5.74) is 1.90. The van der Waals surface area contributed by atoms with Crippen LogP contribution >= 0.6 is 0 Å². The van der Waals surface area contributed by atoms with Crippen molar-refractivity contribution in [1.82, 2.24) is 4.90 Å². The molecule has 1 unspecified atom stereocenters. The first-order chi connectivity index (χ1) is 10.7. The molecule has 0 aliphatic carbocycles. The maximum atomic E-state index is 13.1. The lowest BCUT2D eigenvalue weighted by Crippen LogP contribution is -2.44. The van der Waals surface area contributed by atoms with Gasteiger partial charge in [-0.25, -0.2) is 4.39 Å². The van der Waals surface area contributed by atoms with E-state index in [-0.39, 0.29) is 17.8 Å². The van der Waals surface area contributed by atoms with Gasteiger partial charge in [0.25, 0.3) is 0 Å². The molecule has 1 fully saturated rings. The van der Waals surface area contributed by atoms with E-state index in [0.717, 1.165) is 11.1 Å². The molecule has 0 bridgehead atoms. The smallest absolute Gasteiger partial charge is 0.227 e. The molecule has 2 aromatic carbocycles. The van der Waals surface area contributed by atoms with Crippen molar-refractivity contribution in [1.29, 1.82) is 0 Å². The monoisotopic (exact) mass is 299 g/mol. The van der Waals surface area contributed by atoms with Crippen LogP contribution in [-0.2, 0) is 16.0 Å². The van der Waals surface area contributed by atoms with Crippen molar-refractivity contribution in [3.8, 4) is 0 Å². The van der Waals surface area contributed by atoms with Crippen LogP contribution in [0.4, 0.5) is 4.39 Å². The number of hydrogen-bond donors (Lipinski definition) is 0. The Morgan fingerprint density at radius 3 is 2.59 bits per heavy atom. The molecule has 1 amide bonds. The van der Waals surface area contributed by atoms with Crippen molar-refractivity contribution in [2.75, 3.05) is 19.8 Å². The summed E-state index contributed by atoms with van der Waals surface area (Å²) in [6, 6.07) is 15.8. The molecule has 3 rings (SSSR count). The minimum Gasteiger partial charge on any atom is -0.377 e. The summed E-state index contributed by atoms with van der Waals surface area (Å²) in [4.78, 5) is 14.5. The van der Waals surface area contributed by atoms with E-state index in [2.05, 4.69) is 0 Å². The Hall–Kier alpha value is -2.20. The number of benzene rings is 2. The highest BCUT2D eigenvalue weighted by Crippen LogP contribution is 2.25. The minimum absolute atomic E-state index is 0.0730. The molecule has 0 aromatic heterocycles. The third kappa shape index (κ3) is 3.34. The average molecular weight is 299 g/mol. The highest BCUT2D eigenvalue weighted by molar-refractivity contribution is 5.79. The van der Waals surface area contributed by atoms with Crippen molar-refractivity contribution in [3.05, 3.63) is 71.5 Å². The third-order valence-electron chi connectivity index (χ3n) is 3.90. The standard InChI is InChI=1S/C18H18FNO2/c19-16-8-6-15(7-9-16)17-13-22-11-10-20(17)18(21)12-14-4-2-1-3-5-14/h1-9,17H,10-13H2. The van der Waals surface area contributed by atoms with Crippen LogP contribution in [0.2, 0.25) is 0 Å². The lowest BCUT2D eigenvalue weighted by molar-refractivity contribution is -0.139. The minimum atomic E-state index is -0.275. The molecule has 1 atom stereocenters.